The second-order valence-electron chi connectivity index (χ2n) is 9.10. The van der Waals surface area contributed by atoms with Crippen LogP contribution in [0.5, 0.6) is 0 Å². The lowest BCUT2D eigenvalue weighted by Crippen LogP contribution is -2.53. The van der Waals surface area contributed by atoms with E-state index in [9.17, 15) is 9.59 Å². The number of hydrogen-bond donors (Lipinski definition) is 0. The fourth-order valence-corrected chi connectivity index (χ4v) is 4.13. The van der Waals surface area contributed by atoms with Crippen molar-refractivity contribution in [2.75, 3.05) is 13.1 Å². The van der Waals surface area contributed by atoms with Crippen LogP contribution >= 0.6 is 0 Å². The molecule has 0 unspecified atom stereocenters. The monoisotopic (exact) mass is 419 g/mol. The van der Waals surface area contributed by atoms with Gasteiger partial charge in [-0.15, -0.1) is 0 Å². The van der Waals surface area contributed by atoms with Crippen LogP contribution in [0.25, 0.3) is 0 Å². The molecular weight excluding hydrogens is 390 g/mol. The maximum atomic E-state index is 13.6. The lowest BCUT2D eigenvalue weighted by molar-refractivity contribution is -0.135. The number of aromatic nitrogens is 1. The first kappa shape index (κ1) is 21.0. The van der Waals surface area contributed by atoms with Crippen LogP contribution in [0.4, 0.5) is 0 Å². The topological polar surface area (TPSA) is 58.7 Å². The lowest BCUT2D eigenvalue weighted by Gasteiger charge is -2.40. The second kappa shape index (κ2) is 8.10. The Bertz CT molecular complexity index is 1060. The number of aryl methyl sites for hydroxylation is 1. The number of carbonyl (C=O) groups is 2. The van der Waals surface area contributed by atoms with Gasteiger partial charge in [-0.25, -0.2) is 0 Å². The summed E-state index contributed by atoms with van der Waals surface area (Å²) in [6.07, 6.45) is 5.35. The Morgan fingerprint density at radius 1 is 1.10 bits per heavy atom. The van der Waals surface area contributed by atoms with Crippen molar-refractivity contribution in [3.63, 3.8) is 0 Å². The molecule has 0 radical (unpaired) electrons. The Kier molecular flexibility index (Phi) is 5.48. The molecule has 1 aromatic carbocycles. The van der Waals surface area contributed by atoms with Crippen molar-refractivity contribution in [2.24, 2.45) is 0 Å². The zero-order valence-corrected chi connectivity index (χ0v) is 18.5. The minimum atomic E-state index is -0.501. The first-order chi connectivity index (χ1) is 14.8. The van der Waals surface area contributed by atoms with Crippen LogP contribution in [-0.2, 0) is 11.3 Å². The molecule has 0 saturated heterocycles. The molecule has 0 N–H and O–H groups in total. The van der Waals surface area contributed by atoms with Crippen molar-refractivity contribution in [3.8, 4) is 0 Å². The SMILES string of the molecule is Cc1ccc(C(=O)N(CC(=O)N2CCn3cccc3[C@@H]2c2ccoc2)C(C)(C)C)cc1. The summed E-state index contributed by atoms with van der Waals surface area (Å²) in [6.45, 7) is 9.19. The molecule has 1 aliphatic heterocycles. The van der Waals surface area contributed by atoms with Gasteiger partial charge >= 0.3 is 0 Å². The van der Waals surface area contributed by atoms with Crippen molar-refractivity contribution >= 4 is 11.8 Å². The molecule has 3 heterocycles. The maximum Gasteiger partial charge on any atom is 0.254 e. The Hall–Kier alpha value is -3.28. The summed E-state index contributed by atoms with van der Waals surface area (Å²) in [5, 5.41) is 0. The van der Waals surface area contributed by atoms with Crippen LogP contribution in [0.3, 0.4) is 0 Å². The van der Waals surface area contributed by atoms with Crippen LogP contribution in [0.15, 0.2) is 65.6 Å². The average molecular weight is 420 g/mol. The standard InChI is InChI=1S/C25H29N3O3/c1-18-7-9-19(10-8-18)24(30)28(25(2,3)4)16-22(29)27-14-13-26-12-5-6-21(26)23(27)20-11-15-31-17-20/h5-12,15,17,23H,13-14,16H2,1-4H3/t23-/m0/s1. The number of rotatable bonds is 4. The van der Waals surface area contributed by atoms with E-state index < -0.39 is 5.54 Å². The van der Waals surface area contributed by atoms with Crippen LogP contribution in [-0.4, -0.2) is 44.8 Å². The molecule has 2 amide bonds. The van der Waals surface area contributed by atoms with Crippen LogP contribution in [0, 0.1) is 6.92 Å². The van der Waals surface area contributed by atoms with Gasteiger partial charge in [0.05, 0.1) is 12.5 Å². The molecular formula is C25H29N3O3. The van der Waals surface area contributed by atoms with Gasteiger partial charge < -0.3 is 18.8 Å². The van der Waals surface area contributed by atoms with Gasteiger partial charge in [0.15, 0.2) is 0 Å². The van der Waals surface area contributed by atoms with Crippen molar-refractivity contribution < 1.29 is 14.0 Å². The molecule has 1 aliphatic rings. The minimum Gasteiger partial charge on any atom is -0.472 e. The van der Waals surface area contributed by atoms with Gasteiger partial charge in [0.25, 0.3) is 5.91 Å². The van der Waals surface area contributed by atoms with Crippen molar-refractivity contribution in [1.29, 1.82) is 0 Å². The fraction of sp³-hybridized carbons (Fsp3) is 0.360. The highest BCUT2D eigenvalue weighted by molar-refractivity contribution is 5.97. The normalized spacial score (nSPS) is 16.1. The van der Waals surface area contributed by atoms with Gasteiger partial charge in [-0.1, -0.05) is 17.7 Å². The Morgan fingerprint density at radius 3 is 2.48 bits per heavy atom. The highest BCUT2D eigenvalue weighted by Gasteiger charge is 2.36. The summed E-state index contributed by atoms with van der Waals surface area (Å²) in [7, 11) is 0. The largest absolute Gasteiger partial charge is 0.472 e. The Labute approximate surface area is 183 Å². The lowest BCUT2D eigenvalue weighted by atomic mass is 10.0. The number of amides is 2. The van der Waals surface area contributed by atoms with E-state index in [2.05, 4.69) is 4.57 Å². The molecule has 4 rings (SSSR count). The number of hydrogen-bond acceptors (Lipinski definition) is 3. The number of carbonyl (C=O) groups excluding carboxylic acids is 2. The third-order valence-electron chi connectivity index (χ3n) is 5.86. The quantitative estimate of drug-likeness (QED) is 0.635. The first-order valence-electron chi connectivity index (χ1n) is 10.6. The Morgan fingerprint density at radius 2 is 1.84 bits per heavy atom. The summed E-state index contributed by atoms with van der Waals surface area (Å²) in [4.78, 5) is 30.4. The van der Waals surface area contributed by atoms with Gasteiger partial charge in [0.2, 0.25) is 5.91 Å². The average Bonchev–Trinajstić information content (AvgIpc) is 3.42. The molecule has 0 spiro atoms. The summed E-state index contributed by atoms with van der Waals surface area (Å²) >= 11 is 0. The van der Waals surface area contributed by atoms with Gasteiger partial charge in [0.1, 0.15) is 12.6 Å². The van der Waals surface area contributed by atoms with E-state index in [4.69, 9.17) is 4.42 Å². The number of benzene rings is 1. The summed E-state index contributed by atoms with van der Waals surface area (Å²) < 4.78 is 7.48. The predicted octanol–water partition coefficient (Wildman–Crippen LogP) is 4.26. The number of furan rings is 1. The highest BCUT2D eigenvalue weighted by atomic mass is 16.3. The molecule has 0 saturated carbocycles. The third kappa shape index (κ3) is 4.15. The van der Waals surface area contributed by atoms with Crippen LogP contribution in [0.2, 0.25) is 0 Å². The molecule has 6 nitrogen and oxygen atoms in total. The second-order valence-corrected chi connectivity index (χ2v) is 9.10. The molecule has 0 fully saturated rings. The molecule has 6 heteroatoms. The summed E-state index contributed by atoms with van der Waals surface area (Å²) in [6, 6.07) is 13.2. The minimum absolute atomic E-state index is 0.0191. The number of fused-ring (bicyclic) bond motifs is 1. The van der Waals surface area contributed by atoms with Gasteiger partial charge in [-0.3, -0.25) is 9.59 Å². The molecule has 162 valence electrons. The zero-order chi connectivity index (χ0) is 22.2. The molecule has 1 atom stereocenters. The van der Waals surface area contributed by atoms with Gasteiger partial charge in [0, 0.05) is 41.6 Å². The van der Waals surface area contributed by atoms with Crippen molar-refractivity contribution in [1.82, 2.24) is 14.4 Å². The van der Waals surface area contributed by atoms with E-state index in [1.807, 2.05) is 81.3 Å². The van der Waals surface area contributed by atoms with E-state index in [0.29, 0.717) is 12.1 Å². The van der Waals surface area contributed by atoms with Crippen molar-refractivity contribution in [3.05, 3.63) is 83.6 Å². The van der Waals surface area contributed by atoms with Gasteiger partial charge in [-0.05, 0) is 58.0 Å². The van der Waals surface area contributed by atoms with Crippen molar-refractivity contribution in [2.45, 2.75) is 45.8 Å². The van der Waals surface area contributed by atoms with Gasteiger partial charge in [-0.2, -0.15) is 0 Å². The predicted molar refractivity (Wildman–Crippen MR) is 119 cm³/mol. The first-order valence-corrected chi connectivity index (χ1v) is 10.6. The zero-order valence-electron chi connectivity index (χ0n) is 18.5. The molecule has 0 bridgehead atoms. The molecule has 2 aromatic heterocycles. The molecule has 0 aliphatic carbocycles. The van der Waals surface area contributed by atoms with E-state index in [1.165, 1.54) is 0 Å². The molecule has 31 heavy (non-hydrogen) atoms. The fourth-order valence-electron chi connectivity index (χ4n) is 4.13. The molecule has 3 aromatic rings. The van der Waals surface area contributed by atoms with Crippen LogP contribution < -0.4 is 0 Å². The van der Waals surface area contributed by atoms with E-state index in [-0.39, 0.29) is 24.4 Å². The maximum absolute atomic E-state index is 13.6. The number of nitrogens with zero attached hydrogens (tertiary/aromatic N) is 3. The summed E-state index contributed by atoms with van der Waals surface area (Å²) in [5.74, 6) is -0.213. The Balaban J connectivity index is 1.62. The van der Waals surface area contributed by atoms with E-state index in [1.54, 1.807) is 17.4 Å². The highest BCUT2D eigenvalue weighted by Crippen LogP contribution is 2.33. The van der Waals surface area contributed by atoms with E-state index >= 15 is 0 Å². The smallest absolute Gasteiger partial charge is 0.254 e. The summed E-state index contributed by atoms with van der Waals surface area (Å²) in [5.41, 5.74) is 3.16. The third-order valence-corrected chi connectivity index (χ3v) is 5.86. The van der Waals surface area contributed by atoms with Crippen LogP contribution in [0.1, 0.15) is 54.0 Å². The van der Waals surface area contributed by atoms with E-state index in [0.717, 1.165) is 23.4 Å².